The summed E-state index contributed by atoms with van der Waals surface area (Å²) in [5.74, 6) is 0.968. The summed E-state index contributed by atoms with van der Waals surface area (Å²) in [6, 6.07) is 8.15. The van der Waals surface area contributed by atoms with Gasteiger partial charge in [-0.05, 0) is 25.5 Å². The topological polar surface area (TPSA) is 21.3 Å². The van der Waals surface area contributed by atoms with Crippen molar-refractivity contribution in [1.82, 2.24) is 5.32 Å². The van der Waals surface area contributed by atoms with Crippen LogP contribution in [0.15, 0.2) is 24.3 Å². The molecule has 0 aromatic heterocycles. The standard InChI is InChI=1S/C13H20BrNO/c1-16-13-8-4-3-7-12(13)11-15-10-6-2-5-9-14/h3-4,7-8,15H,2,5-6,9-11H2,1H3. The van der Waals surface area contributed by atoms with E-state index in [0.29, 0.717) is 0 Å². The minimum atomic E-state index is 0.887. The van der Waals surface area contributed by atoms with Gasteiger partial charge >= 0.3 is 0 Å². The quantitative estimate of drug-likeness (QED) is 0.584. The van der Waals surface area contributed by atoms with Gasteiger partial charge in [0.15, 0.2) is 0 Å². The van der Waals surface area contributed by atoms with Crippen LogP contribution in [0.1, 0.15) is 24.8 Å². The molecule has 0 unspecified atom stereocenters. The van der Waals surface area contributed by atoms with Crippen LogP contribution in [0.25, 0.3) is 0 Å². The lowest BCUT2D eigenvalue weighted by atomic mass is 10.2. The summed E-state index contributed by atoms with van der Waals surface area (Å²) < 4.78 is 5.29. The van der Waals surface area contributed by atoms with E-state index in [9.17, 15) is 0 Å². The summed E-state index contributed by atoms with van der Waals surface area (Å²) in [5, 5.41) is 4.55. The van der Waals surface area contributed by atoms with Gasteiger partial charge in [-0.2, -0.15) is 0 Å². The van der Waals surface area contributed by atoms with E-state index in [2.05, 4.69) is 27.3 Å². The Morgan fingerprint density at radius 1 is 1.19 bits per heavy atom. The molecule has 3 heteroatoms. The van der Waals surface area contributed by atoms with E-state index in [1.807, 2.05) is 18.2 Å². The molecule has 0 spiro atoms. The molecule has 2 nitrogen and oxygen atoms in total. The van der Waals surface area contributed by atoms with Crippen LogP contribution < -0.4 is 10.1 Å². The molecule has 0 saturated heterocycles. The lowest BCUT2D eigenvalue weighted by molar-refractivity contribution is 0.407. The Labute approximate surface area is 107 Å². The first-order valence-electron chi connectivity index (χ1n) is 5.77. The monoisotopic (exact) mass is 285 g/mol. The molecular formula is C13H20BrNO. The number of benzene rings is 1. The number of hydrogen-bond donors (Lipinski definition) is 1. The molecule has 1 aromatic carbocycles. The van der Waals surface area contributed by atoms with Gasteiger partial charge in [-0.1, -0.05) is 40.5 Å². The van der Waals surface area contributed by atoms with Crippen LogP contribution in [0.5, 0.6) is 5.75 Å². The molecular weight excluding hydrogens is 266 g/mol. The van der Waals surface area contributed by atoms with E-state index in [4.69, 9.17) is 4.74 Å². The van der Waals surface area contributed by atoms with Crippen LogP contribution in [0.3, 0.4) is 0 Å². The van der Waals surface area contributed by atoms with Crippen molar-refractivity contribution in [3.63, 3.8) is 0 Å². The van der Waals surface area contributed by atoms with Crippen LogP contribution in [-0.4, -0.2) is 19.0 Å². The van der Waals surface area contributed by atoms with Crippen molar-refractivity contribution in [2.24, 2.45) is 0 Å². The van der Waals surface area contributed by atoms with E-state index >= 15 is 0 Å². The Morgan fingerprint density at radius 3 is 2.75 bits per heavy atom. The van der Waals surface area contributed by atoms with E-state index in [-0.39, 0.29) is 0 Å². The molecule has 0 saturated carbocycles. The van der Waals surface area contributed by atoms with Crippen molar-refractivity contribution in [3.8, 4) is 5.75 Å². The molecule has 0 amide bonds. The van der Waals surface area contributed by atoms with E-state index in [0.717, 1.165) is 24.2 Å². The van der Waals surface area contributed by atoms with Crippen LogP contribution in [-0.2, 0) is 6.54 Å². The van der Waals surface area contributed by atoms with Crippen molar-refractivity contribution < 1.29 is 4.74 Å². The van der Waals surface area contributed by atoms with Gasteiger partial charge in [-0.15, -0.1) is 0 Å². The van der Waals surface area contributed by atoms with Gasteiger partial charge in [-0.3, -0.25) is 0 Å². The van der Waals surface area contributed by atoms with Gasteiger partial charge in [0.1, 0.15) is 5.75 Å². The maximum Gasteiger partial charge on any atom is 0.123 e. The third kappa shape index (κ3) is 4.99. The minimum absolute atomic E-state index is 0.887. The van der Waals surface area contributed by atoms with Crippen molar-refractivity contribution in [2.75, 3.05) is 19.0 Å². The van der Waals surface area contributed by atoms with Crippen LogP contribution in [0, 0.1) is 0 Å². The molecule has 0 radical (unpaired) electrons. The van der Waals surface area contributed by atoms with Crippen molar-refractivity contribution >= 4 is 15.9 Å². The van der Waals surface area contributed by atoms with Crippen LogP contribution in [0.2, 0.25) is 0 Å². The second-order valence-electron chi connectivity index (χ2n) is 3.74. The fourth-order valence-electron chi connectivity index (χ4n) is 1.59. The number of unbranched alkanes of at least 4 members (excludes halogenated alkanes) is 2. The Kier molecular flexibility index (Phi) is 7.26. The zero-order valence-electron chi connectivity index (χ0n) is 9.84. The first-order valence-corrected chi connectivity index (χ1v) is 6.89. The summed E-state index contributed by atoms with van der Waals surface area (Å²) >= 11 is 3.44. The molecule has 1 rings (SSSR count). The van der Waals surface area contributed by atoms with Crippen molar-refractivity contribution in [1.29, 1.82) is 0 Å². The third-order valence-corrected chi connectivity index (χ3v) is 3.06. The number of rotatable bonds is 8. The fourth-order valence-corrected chi connectivity index (χ4v) is 1.99. The summed E-state index contributed by atoms with van der Waals surface area (Å²) in [6.07, 6.45) is 3.78. The number of para-hydroxylation sites is 1. The number of halogens is 1. The summed E-state index contributed by atoms with van der Waals surface area (Å²) in [6.45, 7) is 1.96. The highest BCUT2D eigenvalue weighted by Gasteiger charge is 1.99. The second-order valence-corrected chi connectivity index (χ2v) is 4.53. The molecule has 90 valence electrons. The van der Waals surface area contributed by atoms with Gasteiger partial charge in [0.25, 0.3) is 0 Å². The molecule has 0 atom stereocenters. The van der Waals surface area contributed by atoms with Crippen molar-refractivity contribution in [3.05, 3.63) is 29.8 Å². The van der Waals surface area contributed by atoms with E-state index in [1.165, 1.54) is 24.8 Å². The van der Waals surface area contributed by atoms with Gasteiger partial charge in [0.2, 0.25) is 0 Å². The zero-order valence-corrected chi connectivity index (χ0v) is 11.4. The summed E-state index contributed by atoms with van der Waals surface area (Å²) in [4.78, 5) is 0. The maximum absolute atomic E-state index is 5.29. The van der Waals surface area contributed by atoms with Crippen molar-refractivity contribution in [2.45, 2.75) is 25.8 Å². The van der Waals surface area contributed by atoms with Gasteiger partial charge < -0.3 is 10.1 Å². The minimum Gasteiger partial charge on any atom is -0.496 e. The Bertz CT molecular complexity index is 291. The highest BCUT2D eigenvalue weighted by Crippen LogP contribution is 2.16. The molecule has 0 aliphatic rings. The average molecular weight is 286 g/mol. The fraction of sp³-hybridized carbons (Fsp3) is 0.538. The first-order chi connectivity index (χ1) is 7.88. The molecule has 0 bridgehead atoms. The highest BCUT2D eigenvalue weighted by molar-refractivity contribution is 9.09. The molecule has 0 aliphatic heterocycles. The predicted molar refractivity (Wildman–Crippen MR) is 72.3 cm³/mol. The Morgan fingerprint density at radius 2 is 2.00 bits per heavy atom. The van der Waals surface area contributed by atoms with Gasteiger partial charge in [0, 0.05) is 17.4 Å². The third-order valence-electron chi connectivity index (χ3n) is 2.50. The molecule has 0 heterocycles. The lowest BCUT2D eigenvalue weighted by Crippen LogP contribution is -2.15. The summed E-state index contributed by atoms with van der Waals surface area (Å²) in [5.41, 5.74) is 1.23. The number of alkyl halides is 1. The number of ether oxygens (including phenoxy) is 1. The van der Waals surface area contributed by atoms with Gasteiger partial charge in [-0.25, -0.2) is 0 Å². The highest BCUT2D eigenvalue weighted by atomic mass is 79.9. The molecule has 16 heavy (non-hydrogen) atoms. The lowest BCUT2D eigenvalue weighted by Gasteiger charge is -2.09. The van der Waals surface area contributed by atoms with Crippen LogP contribution in [0.4, 0.5) is 0 Å². The number of hydrogen-bond acceptors (Lipinski definition) is 2. The smallest absolute Gasteiger partial charge is 0.123 e. The SMILES string of the molecule is COc1ccccc1CNCCCCCBr. The van der Waals surface area contributed by atoms with E-state index < -0.39 is 0 Å². The zero-order chi connectivity index (χ0) is 11.6. The first kappa shape index (κ1) is 13.5. The second kappa shape index (κ2) is 8.59. The normalized spacial score (nSPS) is 10.4. The maximum atomic E-state index is 5.29. The van der Waals surface area contributed by atoms with Crippen LogP contribution >= 0.6 is 15.9 Å². The Hall–Kier alpha value is -0.540. The molecule has 1 aromatic rings. The van der Waals surface area contributed by atoms with Gasteiger partial charge in [0.05, 0.1) is 7.11 Å². The number of nitrogens with one attached hydrogen (secondary N) is 1. The number of methoxy groups -OCH3 is 1. The molecule has 0 aliphatic carbocycles. The summed E-state index contributed by atoms with van der Waals surface area (Å²) in [7, 11) is 1.72. The average Bonchev–Trinajstić information content (AvgIpc) is 2.34. The van der Waals surface area contributed by atoms with E-state index in [1.54, 1.807) is 7.11 Å². The Balaban J connectivity index is 2.21. The molecule has 1 N–H and O–H groups in total. The largest absolute Gasteiger partial charge is 0.496 e. The predicted octanol–water partition coefficient (Wildman–Crippen LogP) is 3.35. The molecule has 0 fully saturated rings.